The molecule has 1 aromatic carbocycles. The molecule has 84 valence electrons. The molecule has 15 heavy (non-hydrogen) atoms. The summed E-state index contributed by atoms with van der Waals surface area (Å²) in [6, 6.07) is 7.68. The second kappa shape index (κ2) is 5.85. The van der Waals surface area contributed by atoms with Crippen LogP contribution < -0.4 is 5.32 Å². The molecule has 1 aromatic rings. The maximum atomic E-state index is 9.79. The van der Waals surface area contributed by atoms with Gasteiger partial charge in [0.1, 0.15) is 6.10 Å². The highest BCUT2D eigenvalue weighted by Crippen LogP contribution is 2.17. The molecular weight excluding hydrogens is 190 g/mol. The van der Waals surface area contributed by atoms with E-state index < -0.39 is 12.2 Å². The Kier molecular flexibility index (Phi) is 4.75. The molecule has 3 nitrogen and oxygen atoms in total. The number of aryl methyl sites for hydroxylation is 1. The van der Waals surface area contributed by atoms with Crippen LogP contribution in [0.3, 0.4) is 0 Å². The van der Waals surface area contributed by atoms with E-state index in [4.69, 9.17) is 0 Å². The molecule has 0 amide bonds. The average molecular weight is 209 g/mol. The topological polar surface area (TPSA) is 52.5 Å². The summed E-state index contributed by atoms with van der Waals surface area (Å²) in [5.74, 6) is 0. The smallest absolute Gasteiger partial charge is 0.106 e. The Morgan fingerprint density at radius 2 is 1.80 bits per heavy atom. The highest BCUT2D eigenvalue weighted by molar-refractivity contribution is 5.24. The highest BCUT2D eigenvalue weighted by atomic mass is 16.3. The number of aliphatic hydroxyl groups is 2. The lowest BCUT2D eigenvalue weighted by Crippen LogP contribution is -2.29. The molecular formula is C12H19NO2. The lowest BCUT2D eigenvalue weighted by atomic mass is 10.0. The fourth-order valence-corrected chi connectivity index (χ4v) is 1.49. The van der Waals surface area contributed by atoms with Crippen molar-refractivity contribution in [3.05, 3.63) is 35.4 Å². The van der Waals surface area contributed by atoms with Crippen molar-refractivity contribution >= 4 is 0 Å². The molecule has 0 spiro atoms. The standard InChI is InChI=1S/C12H19NO2/c1-3-9-4-6-10(7-5-9)12(15)11(14)8-13-2/h4-7,11-15H,3,8H2,1-2H3. The zero-order chi connectivity index (χ0) is 11.3. The van der Waals surface area contributed by atoms with Crippen molar-refractivity contribution < 1.29 is 10.2 Å². The molecule has 0 bridgehead atoms. The zero-order valence-electron chi connectivity index (χ0n) is 9.27. The second-order valence-electron chi connectivity index (χ2n) is 3.66. The lowest BCUT2D eigenvalue weighted by molar-refractivity contribution is 0.0202. The molecule has 0 saturated heterocycles. The van der Waals surface area contributed by atoms with Gasteiger partial charge in [0.2, 0.25) is 0 Å². The number of likely N-dealkylation sites (N-methyl/N-ethyl adjacent to an activating group) is 1. The van der Waals surface area contributed by atoms with Gasteiger partial charge >= 0.3 is 0 Å². The quantitative estimate of drug-likeness (QED) is 0.674. The summed E-state index contributed by atoms with van der Waals surface area (Å²) >= 11 is 0. The average Bonchev–Trinajstić information content (AvgIpc) is 2.28. The summed E-state index contributed by atoms with van der Waals surface area (Å²) in [7, 11) is 1.75. The fraction of sp³-hybridized carbons (Fsp3) is 0.500. The maximum absolute atomic E-state index is 9.79. The van der Waals surface area contributed by atoms with Gasteiger partial charge in [-0.1, -0.05) is 31.2 Å². The summed E-state index contributed by atoms with van der Waals surface area (Å²) in [5, 5.41) is 22.2. The number of hydrogen-bond acceptors (Lipinski definition) is 3. The van der Waals surface area contributed by atoms with Crippen LogP contribution in [0.25, 0.3) is 0 Å². The van der Waals surface area contributed by atoms with Crippen LogP contribution in [0.5, 0.6) is 0 Å². The van der Waals surface area contributed by atoms with Crippen LogP contribution in [0.4, 0.5) is 0 Å². The van der Waals surface area contributed by atoms with E-state index in [0.717, 1.165) is 12.0 Å². The second-order valence-corrected chi connectivity index (χ2v) is 3.66. The van der Waals surface area contributed by atoms with Gasteiger partial charge in [0.25, 0.3) is 0 Å². The van der Waals surface area contributed by atoms with Gasteiger partial charge in [-0.2, -0.15) is 0 Å². The summed E-state index contributed by atoms with van der Waals surface area (Å²) in [6.07, 6.45) is -0.596. The van der Waals surface area contributed by atoms with Gasteiger partial charge in [0.15, 0.2) is 0 Å². The van der Waals surface area contributed by atoms with Crippen LogP contribution in [0, 0.1) is 0 Å². The summed E-state index contributed by atoms with van der Waals surface area (Å²) < 4.78 is 0. The third-order valence-electron chi connectivity index (χ3n) is 2.51. The van der Waals surface area contributed by atoms with Crippen molar-refractivity contribution in [1.82, 2.24) is 5.32 Å². The van der Waals surface area contributed by atoms with E-state index in [1.54, 1.807) is 7.05 Å². The van der Waals surface area contributed by atoms with Gasteiger partial charge in [-0.15, -0.1) is 0 Å². The Morgan fingerprint density at radius 1 is 1.20 bits per heavy atom. The van der Waals surface area contributed by atoms with Gasteiger partial charge in [0, 0.05) is 6.54 Å². The van der Waals surface area contributed by atoms with E-state index in [2.05, 4.69) is 12.2 Å². The van der Waals surface area contributed by atoms with E-state index in [0.29, 0.717) is 6.54 Å². The first kappa shape index (κ1) is 12.2. The minimum absolute atomic E-state index is 0.386. The van der Waals surface area contributed by atoms with Crippen molar-refractivity contribution in [3.8, 4) is 0 Å². The number of nitrogens with one attached hydrogen (secondary N) is 1. The molecule has 0 aliphatic carbocycles. The van der Waals surface area contributed by atoms with Gasteiger partial charge in [-0.25, -0.2) is 0 Å². The molecule has 3 N–H and O–H groups in total. The number of hydrogen-bond donors (Lipinski definition) is 3. The van der Waals surface area contributed by atoms with E-state index >= 15 is 0 Å². The first-order chi connectivity index (χ1) is 7.19. The monoisotopic (exact) mass is 209 g/mol. The van der Waals surface area contributed by atoms with Crippen LogP contribution in [0.15, 0.2) is 24.3 Å². The summed E-state index contributed by atoms with van der Waals surface area (Å²) in [6.45, 7) is 2.47. The number of aliphatic hydroxyl groups excluding tert-OH is 2. The third-order valence-corrected chi connectivity index (χ3v) is 2.51. The summed E-state index contributed by atoms with van der Waals surface area (Å²) in [5.41, 5.74) is 1.99. The molecule has 0 heterocycles. The first-order valence-electron chi connectivity index (χ1n) is 5.28. The highest BCUT2D eigenvalue weighted by Gasteiger charge is 2.16. The molecule has 0 fully saturated rings. The third kappa shape index (κ3) is 3.30. The molecule has 2 unspecified atom stereocenters. The zero-order valence-corrected chi connectivity index (χ0v) is 9.27. The van der Waals surface area contributed by atoms with Crippen LogP contribution in [-0.4, -0.2) is 29.9 Å². The van der Waals surface area contributed by atoms with Crippen molar-refractivity contribution in [2.45, 2.75) is 25.6 Å². The van der Waals surface area contributed by atoms with Crippen LogP contribution in [0.1, 0.15) is 24.2 Å². The summed E-state index contributed by atoms with van der Waals surface area (Å²) in [4.78, 5) is 0. The molecule has 3 heteroatoms. The molecule has 0 radical (unpaired) electrons. The van der Waals surface area contributed by atoms with Gasteiger partial charge in [-0.3, -0.25) is 0 Å². The van der Waals surface area contributed by atoms with Gasteiger partial charge in [-0.05, 0) is 24.6 Å². The Morgan fingerprint density at radius 3 is 2.27 bits per heavy atom. The van der Waals surface area contributed by atoms with E-state index in [1.165, 1.54) is 5.56 Å². The minimum Gasteiger partial charge on any atom is -0.389 e. The minimum atomic E-state index is -0.816. The molecule has 1 rings (SSSR count). The van der Waals surface area contributed by atoms with Crippen LogP contribution in [-0.2, 0) is 6.42 Å². The molecule has 0 aliphatic heterocycles. The molecule has 2 atom stereocenters. The molecule has 0 aliphatic rings. The number of rotatable bonds is 5. The SMILES string of the molecule is CCc1ccc(C(O)C(O)CNC)cc1. The molecule has 0 aromatic heterocycles. The predicted octanol–water partition coefficient (Wildman–Crippen LogP) is 0.863. The Hall–Kier alpha value is -0.900. The van der Waals surface area contributed by atoms with Gasteiger partial charge in [0.05, 0.1) is 6.10 Å². The maximum Gasteiger partial charge on any atom is 0.106 e. The van der Waals surface area contributed by atoms with Crippen LogP contribution >= 0.6 is 0 Å². The van der Waals surface area contributed by atoms with E-state index in [1.807, 2.05) is 24.3 Å². The first-order valence-corrected chi connectivity index (χ1v) is 5.28. The fourth-order valence-electron chi connectivity index (χ4n) is 1.49. The van der Waals surface area contributed by atoms with Crippen molar-refractivity contribution in [3.63, 3.8) is 0 Å². The largest absolute Gasteiger partial charge is 0.389 e. The van der Waals surface area contributed by atoms with E-state index in [9.17, 15) is 10.2 Å². The van der Waals surface area contributed by atoms with Gasteiger partial charge < -0.3 is 15.5 Å². The predicted molar refractivity (Wildman–Crippen MR) is 60.7 cm³/mol. The molecule has 0 saturated carbocycles. The Bertz CT molecular complexity index is 284. The van der Waals surface area contributed by atoms with Crippen LogP contribution in [0.2, 0.25) is 0 Å². The normalized spacial score (nSPS) is 14.9. The van der Waals surface area contributed by atoms with Crippen molar-refractivity contribution in [2.75, 3.05) is 13.6 Å². The van der Waals surface area contributed by atoms with E-state index in [-0.39, 0.29) is 0 Å². The Labute approximate surface area is 90.8 Å². The van der Waals surface area contributed by atoms with Crippen molar-refractivity contribution in [1.29, 1.82) is 0 Å². The Balaban J connectivity index is 2.69. The number of benzene rings is 1. The lowest BCUT2D eigenvalue weighted by Gasteiger charge is -2.17. The van der Waals surface area contributed by atoms with Crippen molar-refractivity contribution in [2.24, 2.45) is 0 Å².